The maximum atomic E-state index is 13.0. The van der Waals surface area contributed by atoms with E-state index in [2.05, 4.69) is 15.8 Å². The van der Waals surface area contributed by atoms with E-state index in [1.54, 1.807) is 31.3 Å². The molecule has 0 heterocycles. The number of amidine groups is 1. The SMILES string of the molecule is CN(CCc1ccccc1)C(=O)/C(O)=C(\CNCCc1ccccc1Cl)N/N=C(\N)c1ccccc1Cl. The number of aliphatic hydroxyl groups is 1. The summed E-state index contributed by atoms with van der Waals surface area (Å²) in [6, 6.07) is 24.5. The number of halogens is 2. The number of benzene rings is 3. The second-order valence-electron chi connectivity index (χ2n) is 8.40. The molecule has 7 nitrogen and oxygen atoms in total. The minimum Gasteiger partial charge on any atom is -0.502 e. The van der Waals surface area contributed by atoms with Crippen LogP contribution < -0.4 is 16.5 Å². The van der Waals surface area contributed by atoms with E-state index in [-0.39, 0.29) is 18.1 Å². The Kier molecular flexibility index (Phi) is 10.8. The van der Waals surface area contributed by atoms with Crippen molar-refractivity contribution in [3.63, 3.8) is 0 Å². The Morgan fingerprint density at radius 2 is 1.59 bits per heavy atom. The van der Waals surface area contributed by atoms with Crippen LogP contribution in [0.4, 0.5) is 0 Å². The van der Waals surface area contributed by atoms with Gasteiger partial charge in [-0.1, -0.05) is 83.9 Å². The molecule has 3 aromatic rings. The number of hydrogen-bond donors (Lipinski definition) is 4. The fourth-order valence-electron chi connectivity index (χ4n) is 3.52. The van der Waals surface area contributed by atoms with Crippen molar-refractivity contribution in [2.45, 2.75) is 12.8 Å². The van der Waals surface area contributed by atoms with Gasteiger partial charge in [0.2, 0.25) is 5.76 Å². The van der Waals surface area contributed by atoms with Gasteiger partial charge in [0.25, 0.3) is 5.91 Å². The summed E-state index contributed by atoms with van der Waals surface area (Å²) in [6.45, 7) is 1.14. The van der Waals surface area contributed by atoms with Crippen LogP contribution in [0.25, 0.3) is 0 Å². The van der Waals surface area contributed by atoms with Gasteiger partial charge in [-0.3, -0.25) is 10.2 Å². The van der Waals surface area contributed by atoms with Crippen LogP contribution in [-0.4, -0.2) is 48.4 Å². The normalized spacial score (nSPS) is 12.1. The summed E-state index contributed by atoms with van der Waals surface area (Å²) >= 11 is 12.5. The first-order valence-corrected chi connectivity index (χ1v) is 12.6. The van der Waals surface area contributed by atoms with Crippen molar-refractivity contribution in [3.05, 3.63) is 117 Å². The van der Waals surface area contributed by atoms with Crippen molar-refractivity contribution in [1.29, 1.82) is 0 Å². The summed E-state index contributed by atoms with van der Waals surface area (Å²) in [5.74, 6) is -0.855. The Morgan fingerprint density at radius 1 is 0.946 bits per heavy atom. The monoisotopic (exact) mass is 539 g/mol. The lowest BCUT2D eigenvalue weighted by molar-refractivity contribution is -0.128. The topological polar surface area (TPSA) is 103 Å². The van der Waals surface area contributed by atoms with E-state index >= 15 is 0 Å². The van der Waals surface area contributed by atoms with Crippen LogP contribution >= 0.6 is 23.2 Å². The number of nitrogens with zero attached hydrogens (tertiary/aromatic N) is 2. The number of carbonyl (C=O) groups is 1. The number of hydrogen-bond acceptors (Lipinski definition) is 5. The Labute approximate surface area is 227 Å². The molecule has 0 aromatic heterocycles. The zero-order valence-electron chi connectivity index (χ0n) is 20.6. The smallest absolute Gasteiger partial charge is 0.290 e. The number of hydrazone groups is 1. The Morgan fingerprint density at radius 3 is 2.30 bits per heavy atom. The molecule has 0 unspecified atom stereocenters. The Balaban J connectivity index is 1.71. The molecule has 5 N–H and O–H groups in total. The van der Waals surface area contributed by atoms with E-state index in [0.29, 0.717) is 41.5 Å². The second-order valence-corrected chi connectivity index (χ2v) is 9.21. The average molecular weight is 540 g/mol. The van der Waals surface area contributed by atoms with Crippen LogP contribution in [0.5, 0.6) is 0 Å². The first-order chi connectivity index (χ1) is 17.9. The van der Waals surface area contributed by atoms with E-state index in [1.807, 2.05) is 54.6 Å². The van der Waals surface area contributed by atoms with Gasteiger partial charge in [-0.05, 0) is 48.7 Å². The van der Waals surface area contributed by atoms with Crippen LogP contribution in [0.15, 0.2) is 95.4 Å². The largest absolute Gasteiger partial charge is 0.502 e. The molecule has 9 heteroatoms. The highest BCUT2D eigenvalue weighted by Crippen LogP contribution is 2.16. The van der Waals surface area contributed by atoms with E-state index in [4.69, 9.17) is 28.9 Å². The summed E-state index contributed by atoms with van der Waals surface area (Å²) < 4.78 is 0. The van der Waals surface area contributed by atoms with Gasteiger partial charge < -0.3 is 21.1 Å². The summed E-state index contributed by atoms with van der Waals surface area (Å²) in [4.78, 5) is 14.5. The molecular formula is C28H31Cl2N5O2. The van der Waals surface area contributed by atoms with E-state index in [1.165, 1.54) is 4.90 Å². The lowest BCUT2D eigenvalue weighted by atomic mass is 10.1. The number of carbonyl (C=O) groups excluding carboxylic acids is 1. The Hall–Kier alpha value is -3.52. The van der Waals surface area contributed by atoms with Crippen LogP contribution in [0.3, 0.4) is 0 Å². The van der Waals surface area contributed by atoms with Gasteiger partial charge in [0.1, 0.15) is 0 Å². The molecular weight excluding hydrogens is 509 g/mol. The molecule has 0 fully saturated rings. The molecule has 0 bridgehead atoms. The number of amides is 1. The van der Waals surface area contributed by atoms with Gasteiger partial charge in [0, 0.05) is 30.7 Å². The van der Waals surface area contributed by atoms with Gasteiger partial charge in [0.05, 0.1) is 10.7 Å². The summed E-state index contributed by atoms with van der Waals surface area (Å²) in [5, 5.41) is 19.4. The molecule has 194 valence electrons. The highest BCUT2D eigenvalue weighted by Gasteiger charge is 2.19. The molecule has 0 saturated heterocycles. The van der Waals surface area contributed by atoms with E-state index in [9.17, 15) is 9.90 Å². The van der Waals surface area contributed by atoms with Crippen molar-refractivity contribution in [2.75, 3.05) is 26.7 Å². The van der Waals surface area contributed by atoms with Crippen LogP contribution in [0, 0.1) is 0 Å². The molecule has 0 radical (unpaired) electrons. The first-order valence-electron chi connectivity index (χ1n) is 11.9. The summed E-state index contributed by atoms with van der Waals surface area (Å²) in [7, 11) is 1.64. The van der Waals surface area contributed by atoms with E-state index in [0.717, 1.165) is 11.1 Å². The maximum Gasteiger partial charge on any atom is 0.290 e. The number of nitrogens with two attached hydrogens (primary N) is 1. The highest BCUT2D eigenvalue weighted by atomic mass is 35.5. The quantitative estimate of drug-likeness (QED) is 0.0677. The lowest BCUT2D eigenvalue weighted by Gasteiger charge is -2.19. The zero-order valence-corrected chi connectivity index (χ0v) is 22.1. The predicted octanol–water partition coefficient (Wildman–Crippen LogP) is 4.51. The van der Waals surface area contributed by atoms with Crippen molar-refractivity contribution >= 4 is 34.9 Å². The Bertz CT molecular complexity index is 1250. The third-order valence-electron chi connectivity index (χ3n) is 5.71. The lowest BCUT2D eigenvalue weighted by Crippen LogP contribution is -2.34. The molecule has 0 aliphatic rings. The standard InChI is InChI=1S/C28H31Cl2N5O2/c1-35(18-16-20-9-3-2-4-10-20)28(37)26(36)25(19-32-17-15-21-11-5-7-13-23(21)29)33-34-27(31)22-12-6-8-14-24(22)30/h2-14,32-33,36H,15-19H2,1H3,(H2,31,34)/b26-25-. The molecule has 0 saturated carbocycles. The van der Waals surface area contributed by atoms with Crippen LogP contribution in [0.2, 0.25) is 10.0 Å². The molecule has 0 atom stereocenters. The first kappa shape index (κ1) is 28.1. The number of likely N-dealkylation sites (N-methyl/N-ethyl adjacent to an activating group) is 1. The minimum absolute atomic E-state index is 0.122. The molecule has 0 spiro atoms. The van der Waals surface area contributed by atoms with Crippen molar-refractivity contribution in [1.82, 2.24) is 15.6 Å². The second kappa shape index (κ2) is 14.3. The number of aliphatic hydroxyl groups excluding tert-OH is 1. The number of rotatable bonds is 12. The molecule has 0 aliphatic heterocycles. The van der Waals surface area contributed by atoms with Crippen molar-refractivity contribution in [3.8, 4) is 0 Å². The maximum absolute atomic E-state index is 13.0. The fourth-order valence-corrected chi connectivity index (χ4v) is 3.99. The van der Waals surface area contributed by atoms with Gasteiger partial charge >= 0.3 is 0 Å². The van der Waals surface area contributed by atoms with Gasteiger partial charge in [0.15, 0.2) is 5.84 Å². The third kappa shape index (κ3) is 8.53. The van der Waals surface area contributed by atoms with Crippen LogP contribution in [0.1, 0.15) is 16.7 Å². The van der Waals surface area contributed by atoms with Gasteiger partial charge in [-0.25, -0.2) is 0 Å². The highest BCUT2D eigenvalue weighted by molar-refractivity contribution is 6.34. The van der Waals surface area contributed by atoms with Gasteiger partial charge in [-0.2, -0.15) is 5.10 Å². The average Bonchev–Trinajstić information content (AvgIpc) is 2.92. The van der Waals surface area contributed by atoms with E-state index < -0.39 is 11.7 Å². The molecule has 37 heavy (non-hydrogen) atoms. The zero-order chi connectivity index (χ0) is 26.6. The molecule has 3 aromatic carbocycles. The minimum atomic E-state index is -0.530. The number of nitrogens with one attached hydrogen (secondary N) is 2. The van der Waals surface area contributed by atoms with Crippen molar-refractivity contribution < 1.29 is 9.90 Å². The predicted molar refractivity (Wildman–Crippen MR) is 151 cm³/mol. The molecule has 0 aliphatic carbocycles. The third-order valence-corrected chi connectivity index (χ3v) is 6.40. The van der Waals surface area contributed by atoms with Crippen LogP contribution in [-0.2, 0) is 17.6 Å². The van der Waals surface area contributed by atoms with Gasteiger partial charge in [-0.15, -0.1) is 0 Å². The molecule has 1 amide bonds. The fraction of sp³-hybridized carbons (Fsp3) is 0.214. The summed E-state index contributed by atoms with van der Waals surface area (Å²) in [6.07, 6.45) is 1.33. The summed E-state index contributed by atoms with van der Waals surface area (Å²) in [5.41, 5.74) is 11.7. The van der Waals surface area contributed by atoms with Crippen molar-refractivity contribution in [2.24, 2.45) is 10.8 Å². The molecule has 3 rings (SSSR count).